The van der Waals surface area contributed by atoms with E-state index in [0.29, 0.717) is 12.1 Å². The van der Waals surface area contributed by atoms with Crippen molar-refractivity contribution in [2.45, 2.75) is 73.0 Å². The second kappa shape index (κ2) is 13.6. The Morgan fingerprint density at radius 3 is 2.39 bits per heavy atom. The standard InChI is InChI=1S/C29H41N5.2ClH/c1-7-26-20-32(16-17-33(26)21(3)4)15-9-10-24-11-13-25(14-12-24)19-34-27(8-2)31-28-22(5)18-23(6)30-29(28)34;;/h9-14,18,21,26H,7-8,15-17,19-20H2,1-6H3;2*1H/b10-9+;;. The summed E-state index contributed by atoms with van der Waals surface area (Å²) >= 11 is 0. The van der Waals surface area contributed by atoms with Gasteiger partial charge in [0.05, 0.1) is 6.54 Å². The maximum atomic E-state index is 4.88. The number of benzene rings is 1. The number of imidazole rings is 1. The minimum atomic E-state index is 0. The topological polar surface area (TPSA) is 37.2 Å². The highest BCUT2D eigenvalue weighted by Gasteiger charge is 2.26. The molecule has 0 amide bonds. The summed E-state index contributed by atoms with van der Waals surface area (Å²) in [4.78, 5) is 14.9. The Hall–Kier alpha value is -1.92. The van der Waals surface area contributed by atoms with Gasteiger partial charge in [0.25, 0.3) is 0 Å². The predicted octanol–water partition coefficient (Wildman–Crippen LogP) is 6.32. The smallest absolute Gasteiger partial charge is 0.160 e. The normalized spacial score (nSPS) is 17.0. The van der Waals surface area contributed by atoms with Crippen molar-refractivity contribution in [1.29, 1.82) is 0 Å². The maximum Gasteiger partial charge on any atom is 0.160 e. The van der Waals surface area contributed by atoms with Crippen LogP contribution in [0.1, 0.15) is 62.3 Å². The number of nitrogens with zero attached hydrogens (tertiary/aromatic N) is 5. The molecule has 5 nitrogen and oxygen atoms in total. The highest BCUT2D eigenvalue weighted by molar-refractivity contribution is 5.85. The van der Waals surface area contributed by atoms with Crippen LogP contribution in [0.15, 0.2) is 36.4 Å². The number of aromatic nitrogens is 3. The lowest BCUT2D eigenvalue weighted by Gasteiger charge is -2.43. The highest BCUT2D eigenvalue weighted by Crippen LogP contribution is 2.21. The van der Waals surface area contributed by atoms with Gasteiger partial charge in [-0.3, -0.25) is 9.80 Å². The van der Waals surface area contributed by atoms with E-state index in [0.717, 1.165) is 48.7 Å². The lowest BCUT2D eigenvalue weighted by molar-refractivity contribution is 0.0553. The average Bonchev–Trinajstić information content (AvgIpc) is 3.17. The van der Waals surface area contributed by atoms with E-state index in [4.69, 9.17) is 9.97 Å². The van der Waals surface area contributed by atoms with Crippen LogP contribution in [0.5, 0.6) is 0 Å². The van der Waals surface area contributed by atoms with Crippen molar-refractivity contribution in [3.63, 3.8) is 0 Å². The Bertz CT molecular complexity index is 1140. The number of halogens is 2. The van der Waals surface area contributed by atoms with Gasteiger partial charge in [0.2, 0.25) is 0 Å². The molecule has 0 spiro atoms. The summed E-state index contributed by atoms with van der Waals surface area (Å²) in [6, 6.07) is 12.4. The van der Waals surface area contributed by atoms with E-state index in [1.54, 1.807) is 0 Å². The molecule has 1 aromatic carbocycles. The summed E-state index contributed by atoms with van der Waals surface area (Å²) in [7, 11) is 0. The van der Waals surface area contributed by atoms with Gasteiger partial charge in [0.1, 0.15) is 11.3 Å². The maximum absolute atomic E-state index is 4.88. The van der Waals surface area contributed by atoms with Gasteiger partial charge in [-0.1, -0.05) is 50.3 Å². The minimum absolute atomic E-state index is 0. The van der Waals surface area contributed by atoms with Gasteiger partial charge in [-0.15, -0.1) is 24.8 Å². The SMILES string of the molecule is CCc1nc2c(C)cc(C)nc2n1Cc1ccc(/C=C/CN2CCN(C(C)C)C(CC)C2)cc1.Cl.Cl. The first kappa shape index (κ1) is 30.3. The van der Waals surface area contributed by atoms with Crippen molar-refractivity contribution in [3.05, 3.63) is 64.6 Å². The highest BCUT2D eigenvalue weighted by atomic mass is 35.5. The van der Waals surface area contributed by atoms with Crippen LogP contribution in [0.2, 0.25) is 0 Å². The molecule has 0 N–H and O–H groups in total. The Morgan fingerprint density at radius 1 is 1.03 bits per heavy atom. The van der Waals surface area contributed by atoms with Crippen LogP contribution in [-0.2, 0) is 13.0 Å². The zero-order valence-corrected chi connectivity index (χ0v) is 24.3. The van der Waals surface area contributed by atoms with Gasteiger partial charge in [0.15, 0.2) is 5.65 Å². The molecule has 0 radical (unpaired) electrons. The third-order valence-corrected chi connectivity index (χ3v) is 7.16. The summed E-state index contributed by atoms with van der Waals surface area (Å²) in [6.07, 6.45) is 6.71. The first-order valence-electron chi connectivity index (χ1n) is 13.0. The van der Waals surface area contributed by atoms with Crippen molar-refractivity contribution in [1.82, 2.24) is 24.3 Å². The summed E-state index contributed by atoms with van der Waals surface area (Å²) in [5.74, 6) is 1.10. The van der Waals surface area contributed by atoms with Crippen LogP contribution in [0.25, 0.3) is 17.2 Å². The molecule has 3 heterocycles. The van der Waals surface area contributed by atoms with Crippen molar-refractivity contribution >= 4 is 42.1 Å². The van der Waals surface area contributed by atoms with E-state index in [1.807, 2.05) is 0 Å². The molecule has 7 heteroatoms. The number of aryl methyl sites for hydroxylation is 3. The predicted molar refractivity (Wildman–Crippen MR) is 158 cm³/mol. The third-order valence-electron chi connectivity index (χ3n) is 7.16. The fraction of sp³-hybridized carbons (Fsp3) is 0.517. The number of piperazine rings is 1. The number of hydrogen-bond donors (Lipinski definition) is 0. The lowest BCUT2D eigenvalue weighted by atomic mass is 10.1. The van der Waals surface area contributed by atoms with E-state index in [1.165, 1.54) is 36.2 Å². The van der Waals surface area contributed by atoms with Crippen LogP contribution in [0, 0.1) is 13.8 Å². The average molecular weight is 533 g/mol. The van der Waals surface area contributed by atoms with E-state index in [-0.39, 0.29) is 24.8 Å². The van der Waals surface area contributed by atoms with Gasteiger partial charge in [-0.05, 0) is 56.9 Å². The fourth-order valence-electron chi connectivity index (χ4n) is 5.28. The summed E-state index contributed by atoms with van der Waals surface area (Å²) < 4.78 is 2.28. The molecule has 0 aliphatic carbocycles. The summed E-state index contributed by atoms with van der Waals surface area (Å²) in [6.45, 7) is 18.6. The first-order valence-corrected chi connectivity index (χ1v) is 13.0. The molecule has 1 aliphatic rings. The molecular weight excluding hydrogens is 489 g/mol. The second-order valence-corrected chi connectivity index (χ2v) is 10.0. The zero-order chi connectivity index (χ0) is 24.2. The van der Waals surface area contributed by atoms with Gasteiger partial charge >= 0.3 is 0 Å². The van der Waals surface area contributed by atoms with Crippen LogP contribution in [-0.4, -0.2) is 62.6 Å². The molecule has 0 saturated carbocycles. The quantitative estimate of drug-likeness (QED) is 0.340. The molecule has 1 fully saturated rings. The summed E-state index contributed by atoms with van der Waals surface area (Å²) in [5.41, 5.74) is 6.82. The molecule has 36 heavy (non-hydrogen) atoms. The van der Waals surface area contributed by atoms with E-state index in [2.05, 4.69) is 98.4 Å². The van der Waals surface area contributed by atoms with Gasteiger partial charge in [-0.25, -0.2) is 9.97 Å². The Labute approximate surface area is 229 Å². The van der Waals surface area contributed by atoms with Crippen LogP contribution < -0.4 is 0 Å². The van der Waals surface area contributed by atoms with Gasteiger partial charge < -0.3 is 4.57 Å². The molecule has 1 aliphatic heterocycles. The molecule has 4 rings (SSSR count). The molecule has 1 atom stereocenters. The summed E-state index contributed by atoms with van der Waals surface area (Å²) in [5, 5.41) is 0. The molecule has 198 valence electrons. The number of pyridine rings is 1. The molecule has 1 saturated heterocycles. The molecule has 1 unspecified atom stereocenters. The van der Waals surface area contributed by atoms with Crippen LogP contribution >= 0.6 is 24.8 Å². The Morgan fingerprint density at radius 2 is 1.75 bits per heavy atom. The number of rotatable bonds is 8. The van der Waals surface area contributed by atoms with Crippen LogP contribution in [0.4, 0.5) is 0 Å². The second-order valence-electron chi connectivity index (χ2n) is 10.0. The molecular formula is C29H43Cl2N5. The van der Waals surface area contributed by atoms with E-state index in [9.17, 15) is 0 Å². The van der Waals surface area contributed by atoms with Crippen molar-refractivity contribution in [2.75, 3.05) is 26.2 Å². The van der Waals surface area contributed by atoms with Crippen LogP contribution in [0.3, 0.4) is 0 Å². The molecule has 2 aromatic heterocycles. The first-order chi connectivity index (χ1) is 16.4. The number of hydrogen-bond acceptors (Lipinski definition) is 4. The van der Waals surface area contributed by atoms with Gasteiger partial charge in [-0.2, -0.15) is 0 Å². The van der Waals surface area contributed by atoms with Crippen molar-refractivity contribution < 1.29 is 0 Å². The minimum Gasteiger partial charge on any atom is -0.308 e. The van der Waals surface area contributed by atoms with E-state index >= 15 is 0 Å². The van der Waals surface area contributed by atoms with E-state index < -0.39 is 0 Å². The Kier molecular flexibility index (Phi) is 11.4. The van der Waals surface area contributed by atoms with Gasteiger partial charge in [0, 0.05) is 50.4 Å². The van der Waals surface area contributed by atoms with Crippen molar-refractivity contribution in [2.24, 2.45) is 0 Å². The molecule has 3 aromatic rings. The number of fused-ring (bicyclic) bond motifs is 1. The van der Waals surface area contributed by atoms with Crippen molar-refractivity contribution in [3.8, 4) is 0 Å². The Balaban J connectivity index is 0.00000228. The third kappa shape index (κ3) is 6.89. The largest absolute Gasteiger partial charge is 0.308 e. The zero-order valence-electron chi connectivity index (χ0n) is 22.7. The monoisotopic (exact) mass is 531 g/mol. The molecule has 0 bridgehead atoms. The lowest BCUT2D eigenvalue weighted by Crippen LogP contribution is -2.55. The fourth-order valence-corrected chi connectivity index (χ4v) is 5.28.